The van der Waals surface area contributed by atoms with Crippen molar-refractivity contribution in [3.63, 3.8) is 0 Å². The molecule has 0 aliphatic heterocycles. The van der Waals surface area contributed by atoms with E-state index in [1.54, 1.807) is 11.8 Å². The Morgan fingerprint density at radius 2 is 2.17 bits per heavy atom. The first kappa shape index (κ1) is 11.7. The molecule has 0 bridgehead atoms. The molecule has 18 heavy (non-hydrogen) atoms. The number of aryl methyl sites for hydroxylation is 1. The summed E-state index contributed by atoms with van der Waals surface area (Å²) in [5, 5.41) is 0.828. The quantitative estimate of drug-likeness (QED) is 0.603. The molecule has 1 radical (unpaired) electrons. The highest BCUT2D eigenvalue weighted by Gasteiger charge is 2.11. The van der Waals surface area contributed by atoms with Crippen molar-refractivity contribution in [1.82, 2.24) is 9.97 Å². The van der Waals surface area contributed by atoms with Gasteiger partial charge in [0.25, 0.3) is 0 Å². The number of benzene rings is 1. The Morgan fingerprint density at radius 1 is 1.22 bits per heavy atom. The van der Waals surface area contributed by atoms with Gasteiger partial charge in [0, 0.05) is 11.8 Å². The van der Waals surface area contributed by atoms with E-state index in [0.717, 1.165) is 10.9 Å². The molecular formula is C15H15N2S. The Hall–Kier alpha value is -1.35. The van der Waals surface area contributed by atoms with E-state index in [4.69, 9.17) is 0 Å². The number of hydrogen-bond donors (Lipinski definition) is 0. The van der Waals surface area contributed by atoms with Gasteiger partial charge in [-0.1, -0.05) is 23.9 Å². The number of thioether (sulfide) groups is 1. The molecule has 0 spiro atoms. The van der Waals surface area contributed by atoms with Crippen molar-refractivity contribution in [1.29, 1.82) is 0 Å². The van der Waals surface area contributed by atoms with Gasteiger partial charge in [-0.25, -0.2) is 9.97 Å². The summed E-state index contributed by atoms with van der Waals surface area (Å²) < 4.78 is 0. The number of hydrogen-bond acceptors (Lipinski definition) is 3. The van der Waals surface area contributed by atoms with Crippen LogP contribution in [0.1, 0.15) is 24.0 Å². The first-order chi connectivity index (χ1) is 8.86. The Balaban J connectivity index is 2.00. The first-order valence-electron chi connectivity index (χ1n) is 6.20. The molecule has 3 rings (SSSR count). The molecule has 1 aliphatic carbocycles. The van der Waals surface area contributed by atoms with Crippen molar-refractivity contribution < 1.29 is 0 Å². The SMILES string of the molecule is CSc1nccc(-c2ccc3c(c2)[CH]CCC3)n1. The topological polar surface area (TPSA) is 25.8 Å². The Morgan fingerprint density at radius 3 is 3.06 bits per heavy atom. The highest BCUT2D eigenvalue weighted by atomic mass is 32.2. The summed E-state index contributed by atoms with van der Waals surface area (Å²) in [7, 11) is 0. The summed E-state index contributed by atoms with van der Waals surface area (Å²) in [6.45, 7) is 0. The molecule has 0 saturated heterocycles. The highest BCUT2D eigenvalue weighted by Crippen LogP contribution is 2.27. The van der Waals surface area contributed by atoms with Crippen LogP contribution >= 0.6 is 11.8 Å². The maximum absolute atomic E-state index is 4.55. The Kier molecular flexibility index (Phi) is 3.33. The van der Waals surface area contributed by atoms with E-state index in [1.165, 1.54) is 36.0 Å². The van der Waals surface area contributed by atoms with Crippen LogP contribution < -0.4 is 0 Å². The van der Waals surface area contributed by atoms with Gasteiger partial charge in [-0.2, -0.15) is 0 Å². The van der Waals surface area contributed by atoms with Crippen LogP contribution in [0, 0.1) is 6.42 Å². The van der Waals surface area contributed by atoms with Gasteiger partial charge in [0.15, 0.2) is 5.16 Å². The largest absolute Gasteiger partial charge is 0.231 e. The van der Waals surface area contributed by atoms with Gasteiger partial charge in [-0.05, 0) is 55.2 Å². The van der Waals surface area contributed by atoms with Crippen LogP contribution in [0.3, 0.4) is 0 Å². The molecule has 1 aromatic carbocycles. The summed E-state index contributed by atoms with van der Waals surface area (Å²) in [6, 6.07) is 8.64. The van der Waals surface area contributed by atoms with Crippen LogP contribution in [0.15, 0.2) is 35.6 Å². The number of aromatic nitrogens is 2. The van der Waals surface area contributed by atoms with Gasteiger partial charge in [0.05, 0.1) is 5.69 Å². The van der Waals surface area contributed by atoms with Crippen LogP contribution in [-0.4, -0.2) is 16.2 Å². The fourth-order valence-corrected chi connectivity index (χ4v) is 2.68. The minimum atomic E-state index is 0.828. The predicted molar refractivity (Wildman–Crippen MR) is 75.6 cm³/mol. The molecule has 0 N–H and O–H groups in total. The van der Waals surface area contributed by atoms with Gasteiger partial charge < -0.3 is 0 Å². The van der Waals surface area contributed by atoms with E-state index in [9.17, 15) is 0 Å². The van der Waals surface area contributed by atoms with Gasteiger partial charge in [0.1, 0.15) is 0 Å². The van der Waals surface area contributed by atoms with Gasteiger partial charge >= 0.3 is 0 Å². The zero-order chi connectivity index (χ0) is 12.4. The third-order valence-electron chi connectivity index (χ3n) is 3.27. The van der Waals surface area contributed by atoms with Crippen LogP contribution in [-0.2, 0) is 6.42 Å². The van der Waals surface area contributed by atoms with Crippen molar-refractivity contribution in [2.24, 2.45) is 0 Å². The average Bonchev–Trinajstić information content (AvgIpc) is 2.47. The summed E-state index contributed by atoms with van der Waals surface area (Å²) in [5.41, 5.74) is 5.04. The molecular weight excluding hydrogens is 240 g/mol. The van der Waals surface area contributed by atoms with Crippen LogP contribution in [0.25, 0.3) is 11.3 Å². The second-order valence-corrected chi connectivity index (χ2v) is 5.21. The van der Waals surface area contributed by atoms with E-state index >= 15 is 0 Å². The maximum atomic E-state index is 4.55. The first-order valence-corrected chi connectivity index (χ1v) is 7.43. The maximum Gasteiger partial charge on any atom is 0.187 e. The standard InChI is InChI=1S/C15H15N2S/c1-18-15-16-9-8-14(17-15)13-7-6-11-4-2-3-5-12(11)10-13/h5-10H,2-4H2,1H3. The molecule has 0 amide bonds. The van der Waals surface area contributed by atoms with Gasteiger partial charge in [-0.3, -0.25) is 0 Å². The lowest BCUT2D eigenvalue weighted by Crippen LogP contribution is -2.01. The molecule has 91 valence electrons. The summed E-state index contributed by atoms with van der Waals surface area (Å²) in [4.78, 5) is 8.76. The lowest BCUT2D eigenvalue weighted by Gasteiger charge is -2.16. The minimum absolute atomic E-state index is 0.828. The molecule has 3 heteroatoms. The van der Waals surface area contributed by atoms with Crippen molar-refractivity contribution in [3.8, 4) is 11.3 Å². The Labute approximate surface area is 112 Å². The lowest BCUT2D eigenvalue weighted by molar-refractivity contribution is 0.775. The van der Waals surface area contributed by atoms with Crippen molar-refractivity contribution in [2.75, 3.05) is 6.26 Å². The molecule has 0 unspecified atom stereocenters. The highest BCUT2D eigenvalue weighted by molar-refractivity contribution is 7.98. The van der Waals surface area contributed by atoms with E-state index in [1.807, 2.05) is 18.5 Å². The second-order valence-electron chi connectivity index (χ2n) is 4.44. The smallest absolute Gasteiger partial charge is 0.187 e. The Bertz CT molecular complexity index is 566. The average molecular weight is 255 g/mol. The van der Waals surface area contributed by atoms with E-state index < -0.39 is 0 Å². The number of fused-ring (bicyclic) bond motifs is 1. The molecule has 1 aliphatic rings. The second kappa shape index (κ2) is 5.11. The summed E-state index contributed by atoms with van der Waals surface area (Å²) in [5.74, 6) is 0. The lowest BCUT2D eigenvalue weighted by atomic mass is 9.90. The predicted octanol–water partition coefficient (Wildman–Crippen LogP) is 3.75. The van der Waals surface area contributed by atoms with E-state index in [0.29, 0.717) is 0 Å². The normalized spacial score (nSPS) is 14.3. The molecule has 1 heterocycles. The fraction of sp³-hybridized carbons (Fsp3) is 0.267. The molecule has 2 aromatic rings. The fourth-order valence-electron chi connectivity index (χ4n) is 2.32. The van der Waals surface area contributed by atoms with E-state index in [-0.39, 0.29) is 0 Å². The molecule has 0 fully saturated rings. The molecule has 1 aromatic heterocycles. The molecule has 0 atom stereocenters. The van der Waals surface area contributed by atoms with Crippen molar-refractivity contribution in [3.05, 3.63) is 48.0 Å². The van der Waals surface area contributed by atoms with Crippen molar-refractivity contribution in [2.45, 2.75) is 24.4 Å². The van der Waals surface area contributed by atoms with Gasteiger partial charge in [0.2, 0.25) is 0 Å². The van der Waals surface area contributed by atoms with Crippen molar-refractivity contribution >= 4 is 11.8 Å². The van der Waals surface area contributed by atoms with Gasteiger partial charge in [-0.15, -0.1) is 0 Å². The van der Waals surface area contributed by atoms with Crippen LogP contribution in [0.4, 0.5) is 0 Å². The monoisotopic (exact) mass is 255 g/mol. The zero-order valence-electron chi connectivity index (χ0n) is 10.4. The van der Waals surface area contributed by atoms with Crippen LogP contribution in [0.2, 0.25) is 0 Å². The molecule has 0 saturated carbocycles. The summed E-state index contributed by atoms with van der Waals surface area (Å²) >= 11 is 1.58. The molecule has 2 nitrogen and oxygen atoms in total. The number of rotatable bonds is 2. The third kappa shape index (κ3) is 2.27. The van der Waals surface area contributed by atoms with Crippen LogP contribution in [0.5, 0.6) is 0 Å². The number of nitrogens with zero attached hydrogens (tertiary/aromatic N) is 2. The zero-order valence-corrected chi connectivity index (χ0v) is 11.2. The summed E-state index contributed by atoms with van der Waals surface area (Å²) in [6.07, 6.45) is 9.83. The minimum Gasteiger partial charge on any atom is -0.231 e. The third-order valence-corrected chi connectivity index (χ3v) is 3.83. The van der Waals surface area contributed by atoms with E-state index in [2.05, 4.69) is 34.6 Å².